The highest BCUT2D eigenvalue weighted by atomic mass is 32.1. The van der Waals surface area contributed by atoms with Gasteiger partial charge in [0.05, 0.1) is 4.88 Å². The van der Waals surface area contributed by atoms with E-state index in [9.17, 15) is 18.0 Å². The van der Waals surface area contributed by atoms with E-state index in [-0.39, 0.29) is 12.0 Å². The second-order valence-corrected chi connectivity index (χ2v) is 5.55. The van der Waals surface area contributed by atoms with E-state index in [0.29, 0.717) is 4.88 Å². The monoisotopic (exact) mass is 277 g/mol. The molecule has 6 heteroatoms. The summed E-state index contributed by atoms with van der Waals surface area (Å²) in [7, 11) is 0. The van der Waals surface area contributed by atoms with Gasteiger partial charge < -0.3 is 4.90 Å². The minimum Gasteiger partial charge on any atom is -0.326 e. The lowest BCUT2D eigenvalue weighted by Gasteiger charge is -2.29. The molecular formula is C12H14F3NOS. The van der Waals surface area contributed by atoms with Gasteiger partial charge in [-0.15, -0.1) is 11.3 Å². The van der Waals surface area contributed by atoms with Crippen LogP contribution >= 0.6 is 11.3 Å². The zero-order chi connectivity index (χ0) is 13.3. The average Bonchev–Trinajstić information content (AvgIpc) is 2.98. The molecule has 1 aromatic rings. The lowest BCUT2D eigenvalue weighted by atomic mass is 10.1. The molecule has 1 saturated carbocycles. The van der Waals surface area contributed by atoms with Crippen LogP contribution in [0.4, 0.5) is 13.2 Å². The van der Waals surface area contributed by atoms with Crippen LogP contribution in [-0.4, -0.2) is 29.6 Å². The van der Waals surface area contributed by atoms with E-state index in [1.807, 2.05) is 0 Å². The number of hydrogen-bond acceptors (Lipinski definition) is 2. The van der Waals surface area contributed by atoms with E-state index < -0.39 is 18.6 Å². The van der Waals surface area contributed by atoms with E-state index in [1.54, 1.807) is 24.4 Å². The first-order chi connectivity index (χ1) is 8.38. The van der Waals surface area contributed by atoms with Crippen molar-refractivity contribution in [2.75, 3.05) is 6.54 Å². The first-order valence-electron chi connectivity index (χ1n) is 5.80. The Morgan fingerprint density at radius 2 is 2.22 bits per heavy atom. The third kappa shape index (κ3) is 3.25. The van der Waals surface area contributed by atoms with Crippen molar-refractivity contribution in [2.45, 2.75) is 32.0 Å². The maximum absolute atomic E-state index is 12.6. The minimum atomic E-state index is -4.35. The van der Waals surface area contributed by atoms with Crippen LogP contribution in [0.5, 0.6) is 0 Å². The summed E-state index contributed by atoms with van der Waals surface area (Å²) < 4.78 is 37.7. The molecular weight excluding hydrogens is 263 g/mol. The first kappa shape index (κ1) is 13.4. The van der Waals surface area contributed by atoms with E-state index in [2.05, 4.69) is 0 Å². The van der Waals surface area contributed by atoms with Gasteiger partial charge in [0.2, 0.25) is 0 Å². The number of hydrogen-bond donors (Lipinski definition) is 0. The van der Waals surface area contributed by atoms with E-state index in [4.69, 9.17) is 0 Å². The van der Waals surface area contributed by atoms with Crippen LogP contribution in [-0.2, 0) is 0 Å². The van der Waals surface area contributed by atoms with Gasteiger partial charge in [0.1, 0.15) is 6.54 Å². The fourth-order valence-corrected chi connectivity index (χ4v) is 2.65. The maximum atomic E-state index is 12.6. The maximum Gasteiger partial charge on any atom is 0.406 e. The molecule has 0 N–H and O–H groups in total. The van der Waals surface area contributed by atoms with Crippen molar-refractivity contribution in [3.63, 3.8) is 0 Å². The van der Waals surface area contributed by atoms with Gasteiger partial charge in [-0.25, -0.2) is 0 Å². The second-order valence-electron chi connectivity index (χ2n) is 4.60. The SMILES string of the molecule is CC(C1CC1)N(CC(F)(F)F)C(=O)c1cccs1. The third-order valence-corrected chi connectivity index (χ3v) is 4.00. The van der Waals surface area contributed by atoms with Gasteiger partial charge >= 0.3 is 6.18 Å². The number of rotatable bonds is 4. The van der Waals surface area contributed by atoms with Gasteiger partial charge in [0, 0.05) is 6.04 Å². The molecule has 1 aliphatic carbocycles. The Hall–Kier alpha value is -1.04. The first-order valence-corrected chi connectivity index (χ1v) is 6.67. The Labute approximate surface area is 107 Å². The Bertz CT molecular complexity index is 411. The quantitative estimate of drug-likeness (QED) is 0.824. The van der Waals surface area contributed by atoms with Crippen molar-refractivity contribution >= 4 is 17.2 Å². The molecule has 1 heterocycles. The smallest absolute Gasteiger partial charge is 0.326 e. The van der Waals surface area contributed by atoms with Crippen LogP contribution in [0.25, 0.3) is 0 Å². The van der Waals surface area contributed by atoms with E-state index >= 15 is 0 Å². The average molecular weight is 277 g/mol. The Balaban J connectivity index is 2.15. The van der Waals surface area contributed by atoms with Crippen molar-refractivity contribution in [1.29, 1.82) is 0 Å². The van der Waals surface area contributed by atoms with Crippen LogP contribution < -0.4 is 0 Å². The van der Waals surface area contributed by atoms with Crippen LogP contribution in [0.3, 0.4) is 0 Å². The van der Waals surface area contributed by atoms with Gasteiger partial charge in [-0.2, -0.15) is 13.2 Å². The van der Waals surface area contributed by atoms with Gasteiger partial charge in [-0.3, -0.25) is 4.79 Å². The van der Waals surface area contributed by atoms with Gasteiger partial charge in [-0.1, -0.05) is 6.07 Å². The van der Waals surface area contributed by atoms with Crippen molar-refractivity contribution in [1.82, 2.24) is 4.90 Å². The predicted octanol–water partition coefficient (Wildman–Crippen LogP) is 3.55. The molecule has 0 aliphatic heterocycles. The molecule has 1 atom stereocenters. The largest absolute Gasteiger partial charge is 0.406 e. The number of thiophene rings is 1. The van der Waals surface area contributed by atoms with Crippen LogP contribution in [0.15, 0.2) is 17.5 Å². The fraction of sp³-hybridized carbons (Fsp3) is 0.583. The number of amides is 1. The summed E-state index contributed by atoms with van der Waals surface area (Å²) in [6.45, 7) is 0.538. The summed E-state index contributed by atoms with van der Waals surface area (Å²) in [5.41, 5.74) is 0. The summed E-state index contributed by atoms with van der Waals surface area (Å²) in [4.78, 5) is 13.4. The topological polar surface area (TPSA) is 20.3 Å². The molecule has 1 amide bonds. The van der Waals surface area contributed by atoms with Crippen molar-refractivity contribution in [3.8, 4) is 0 Å². The second kappa shape index (κ2) is 4.91. The zero-order valence-electron chi connectivity index (χ0n) is 9.91. The zero-order valence-corrected chi connectivity index (χ0v) is 10.7. The van der Waals surface area contributed by atoms with Crippen LogP contribution in [0, 0.1) is 5.92 Å². The Morgan fingerprint density at radius 3 is 2.67 bits per heavy atom. The molecule has 0 saturated heterocycles. The van der Waals surface area contributed by atoms with Crippen LogP contribution in [0.1, 0.15) is 29.4 Å². The lowest BCUT2D eigenvalue weighted by Crippen LogP contribution is -2.45. The Kier molecular flexibility index (Phi) is 3.66. The number of carbonyl (C=O) groups is 1. The van der Waals surface area contributed by atoms with Crippen LogP contribution in [0.2, 0.25) is 0 Å². The molecule has 0 aromatic carbocycles. The summed E-state index contributed by atoms with van der Waals surface area (Å²) in [6, 6.07) is 2.89. The highest BCUT2D eigenvalue weighted by Gasteiger charge is 2.40. The molecule has 0 bridgehead atoms. The Morgan fingerprint density at radius 1 is 1.56 bits per heavy atom. The molecule has 1 aliphatic rings. The summed E-state index contributed by atoms with van der Waals surface area (Å²) in [5.74, 6) is -0.294. The molecule has 2 nitrogen and oxygen atoms in total. The summed E-state index contributed by atoms with van der Waals surface area (Å²) >= 11 is 1.18. The van der Waals surface area contributed by atoms with Gasteiger partial charge in [0.15, 0.2) is 0 Å². The molecule has 18 heavy (non-hydrogen) atoms. The summed E-state index contributed by atoms with van der Waals surface area (Å²) in [5, 5.41) is 1.70. The molecule has 100 valence electrons. The number of alkyl halides is 3. The normalized spacial score (nSPS) is 17.6. The molecule has 1 unspecified atom stereocenters. The summed E-state index contributed by atoms with van der Waals surface area (Å²) in [6.07, 6.45) is -2.53. The van der Waals surface area contributed by atoms with E-state index in [1.165, 1.54) is 11.3 Å². The molecule has 0 radical (unpaired) electrons. The van der Waals surface area contributed by atoms with Crippen molar-refractivity contribution < 1.29 is 18.0 Å². The van der Waals surface area contributed by atoms with Crippen molar-refractivity contribution in [3.05, 3.63) is 22.4 Å². The lowest BCUT2D eigenvalue weighted by molar-refractivity contribution is -0.144. The number of halogens is 3. The van der Waals surface area contributed by atoms with E-state index in [0.717, 1.165) is 17.7 Å². The molecule has 1 fully saturated rings. The highest BCUT2D eigenvalue weighted by molar-refractivity contribution is 7.12. The molecule has 2 rings (SSSR count). The third-order valence-electron chi connectivity index (χ3n) is 3.14. The predicted molar refractivity (Wildman–Crippen MR) is 63.6 cm³/mol. The number of carbonyl (C=O) groups excluding carboxylic acids is 1. The molecule has 1 aromatic heterocycles. The van der Waals surface area contributed by atoms with Crippen molar-refractivity contribution in [2.24, 2.45) is 5.92 Å². The fourth-order valence-electron chi connectivity index (χ4n) is 1.97. The van der Waals surface area contributed by atoms with Gasteiger partial charge in [0.25, 0.3) is 5.91 Å². The molecule has 0 spiro atoms. The van der Waals surface area contributed by atoms with Gasteiger partial charge in [-0.05, 0) is 37.1 Å². The number of nitrogens with zero attached hydrogens (tertiary/aromatic N) is 1. The highest BCUT2D eigenvalue weighted by Crippen LogP contribution is 2.36. The minimum absolute atomic E-state index is 0.219. The standard InChI is InChI=1S/C12H14F3NOS/c1-8(9-4-5-9)16(7-12(13,14)15)11(17)10-3-2-6-18-10/h2-3,6,8-9H,4-5,7H2,1H3.